The van der Waals surface area contributed by atoms with E-state index in [1.54, 1.807) is 0 Å². The number of alkyl halides is 24. The van der Waals surface area contributed by atoms with Crippen molar-refractivity contribution in [1.29, 1.82) is 0 Å². The molecule has 0 heterocycles. The van der Waals surface area contributed by atoms with Crippen LogP contribution >= 0.6 is 0 Å². The molecular weight excluding hydrogens is 600 g/mol. The van der Waals surface area contributed by atoms with Crippen molar-refractivity contribution >= 4 is 0 Å². The topological polar surface area (TPSA) is 0 Å². The van der Waals surface area contributed by atoms with Gasteiger partial charge in [0.2, 0.25) is 0 Å². The largest absolute Gasteiger partial charge is 0.435 e. The molecule has 0 aromatic carbocycles. The summed E-state index contributed by atoms with van der Waals surface area (Å²) in [6.45, 7) is 0. The van der Waals surface area contributed by atoms with Gasteiger partial charge in [0.15, 0.2) is 0 Å². The van der Waals surface area contributed by atoms with Crippen LogP contribution in [0.1, 0.15) is 0 Å². The molecule has 1 saturated carbocycles. The normalized spacial score (nSPS) is 31.3. The summed E-state index contributed by atoms with van der Waals surface area (Å²) in [7, 11) is 0. The number of hydrogen-bond acceptors (Lipinski definition) is 0. The fourth-order valence-corrected chi connectivity index (χ4v) is 3.23. The fraction of sp³-hybridized carbons (Fsp3) is 1.00. The van der Waals surface area contributed by atoms with Crippen LogP contribution < -0.4 is 0 Å². The van der Waals surface area contributed by atoms with Crippen molar-refractivity contribution in [2.45, 2.75) is 71.1 Å². The van der Waals surface area contributed by atoms with Crippen LogP contribution in [0.2, 0.25) is 0 Å². The molecule has 0 bridgehead atoms. The Morgan fingerprint density at radius 2 is 0.417 bits per heavy atom. The number of hydrogen-bond donors (Lipinski definition) is 0. The lowest BCUT2D eigenvalue weighted by atomic mass is 9.56. The summed E-state index contributed by atoms with van der Waals surface area (Å²) in [6, 6.07) is 0. The van der Waals surface area contributed by atoms with Gasteiger partial charge in [-0.05, 0) is 0 Å². The van der Waals surface area contributed by atoms with Crippen LogP contribution in [-0.4, -0.2) is 71.1 Å². The van der Waals surface area contributed by atoms with Crippen molar-refractivity contribution in [2.24, 2.45) is 0 Å². The molecule has 36 heavy (non-hydrogen) atoms. The summed E-state index contributed by atoms with van der Waals surface area (Å²) < 4.78 is 320. The summed E-state index contributed by atoms with van der Waals surface area (Å²) in [5.74, 6) is -38.0. The summed E-state index contributed by atoms with van der Waals surface area (Å²) in [5.41, 5.74) is -39.0. The van der Waals surface area contributed by atoms with Gasteiger partial charge in [0.25, 0.3) is 11.3 Å². The third-order valence-corrected chi connectivity index (χ3v) is 5.03. The maximum absolute atomic E-state index is 14.5. The third-order valence-electron chi connectivity index (χ3n) is 5.03. The lowest BCUT2D eigenvalue weighted by Crippen LogP contribution is -2.96. The van der Waals surface area contributed by atoms with Crippen LogP contribution in [0.5, 0.6) is 0 Å². The molecule has 0 radical (unpaired) electrons. The Morgan fingerprint density at radius 3 is 0.556 bits per heavy atom. The molecule has 0 aliphatic heterocycles. The minimum Gasteiger partial charge on any atom is -0.226 e. The van der Waals surface area contributed by atoms with Crippen LogP contribution in [0.25, 0.3) is 0 Å². The minimum atomic E-state index is -9.94. The molecule has 1 aliphatic rings. The first kappa shape index (κ1) is 32.3. The van der Waals surface area contributed by atoms with Gasteiger partial charge < -0.3 is 0 Å². The molecule has 24 heteroatoms. The van der Waals surface area contributed by atoms with Crippen LogP contribution in [0.4, 0.5) is 105 Å². The second-order valence-electron chi connectivity index (χ2n) is 6.92. The molecule has 0 aromatic rings. The Bertz CT molecular complexity index is 767. The van der Waals surface area contributed by atoms with E-state index in [9.17, 15) is 105 Å². The van der Waals surface area contributed by atoms with Crippen LogP contribution in [0, 0.1) is 0 Å². The lowest BCUT2D eigenvalue weighted by molar-refractivity contribution is -0.539. The smallest absolute Gasteiger partial charge is 0.226 e. The monoisotopic (exact) mass is 600 g/mol. The maximum Gasteiger partial charge on any atom is 0.435 e. The van der Waals surface area contributed by atoms with Crippen molar-refractivity contribution in [3.05, 3.63) is 0 Å². The van der Waals surface area contributed by atoms with Gasteiger partial charge in [-0.25, -0.2) is 17.6 Å². The van der Waals surface area contributed by atoms with Gasteiger partial charge in [0.1, 0.15) is 0 Å². The molecule has 0 N–H and O–H groups in total. The zero-order valence-corrected chi connectivity index (χ0v) is 15.1. The second kappa shape index (κ2) is 7.04. The van der Waals surface area contributed by atoms with E-state index in [1.807, 2.05) is 0 Å². The van der Waals surface area contributed by atoms with Crippen molar-refractivity contribution in [3.8, 4) is 0 Å². The van der Waals surface area contributed by atoms with E-state index >= 15 is 0 Å². The standard InChI is InChI=1S/C12F24/c13-1(3(15,9(25,26)27)10(28,29)30)5(17,18)2(14,4(16,11(31,32)33)12(34,35)36)7(21,22)8(23,24)6(1,19)20. The zero-order valence-electron chi connectivity index (χ0n) is 15.1. The van der Waals surface area contributed by atoms with E-state index in [1.165, 1.54) is 0 Å². The van der Waals surface area contributed by atoms with E-state index < -0.39 is 71.1 Å². The van der Waals surface area contributed by atoms with Crippen molar-refractivity contribution in [2.75, 3.05) is 0 Å². The Balaban J connectivity index is 4.75. The van der Waals surface area contributed by atoms with Crippen LogP contribution in [-0.2, 0) is 0 Å². The highest BCUT2D eigenvalue weighted by Gasteiger charge is 3.13. The molecule has 0 spiro atoms. The molecule has 1 aliphatic carbocycles. The van der Waals surface area contributed by atoms with E-state index in [0.29, 0.717) is 0 Å². The molecule has 1 fully saturated rings. The Morgan fingerprint density at radius 1 is 0.250 bits per heavy atom. The first-order valence-corrected chi connectivity index (χ1v) is 7.54. The Kier molecular flexibility index (Phi) is 6.32. The maximum atomic E-state index is 14.5. The molecular formula is C12F24. The van der Waals surface area contributed by atoms with E-state index in [0.717, 1.165) is 0 Å². The molecule has 1 rings (SSSR count). The van der Waals surface area contributed by atoms with Gasteiger partial charge in [0.05, 0.1) is 0 Å². The second-order valence-corrected chi connectivity index (χ2v) is 6.92. The summed E-state index contributed by atoms with van der Waals surface area (Å²) in [5, 5.41) is 0. The van der Waals surface area contributed by atoms with Gasteiger partial charge in [-0.3, -0.25) is 0 Å². The summed E-state index contributed by atoms with van der Waals surface area (Å²) in [4.78, 5) is 0. The fourth-order valence-electron chi connectivity index (χ4n) is 3.23. The SMILES string of the molecule is FC(F)(F)C(F)(C(F)(F)F)C1(F)C(F)(F)C(F)(F)C(F)(F)C(F)(C(F)(C(F)(F)F)C(F)(F)F)C1(F)F. The van der Waals surface area contributed by atoms with Crippen molar-refractivity contribution < 1.29 is 105 Å². The van der Waals surface area contributed by atoms with E-state index in [2.05, 4.69) is 0 Å². The molecule has 0 nitrogen and oxygen atoms in total. The van der Waals surface area contributed by atoms with Crippen LogP contribution in [0.3, 0.4) is 0 Å². The highest BCUT2D eigenvalue weighted by molar-refractivity contribution is 5.40. The molecule has 0 aromatic heterocycles. The molecule has 2 unspecified atom stereocenters. The Hall–Kier alpha value is -1.68. The number of halogens is 24. The molecule has 0 saturated heterocycles. The van der Waals surface area contributed by atoms with Crippen molar-refractivity contribution in [1.82, 2.24) is 0 Å². The van der Waals surface area contributed by atoms with Gasteiger partial charge in [-0.1, -0.05) is 0 Å². The summed E-state index contributed by atoms with van der Waals surface area (Å²) >= 11 is 0. The molecule has 2 atom stereocenters. The predicted octanol–water partition coefficient (Wildman–Crippen LogP) is 7.62. The van der Waals surface area contributed by atoms with Gasteiger partial charge in [0, 0.05) is 0 Å². The predicted molar refractivity (Wildman–Crippen MR) is 59.4 cm³/mol. The zero-order chi connectivity index (χ0) is 30.0. The lowest BCUT2D eigenvalue weighted by Gasteiger charge is -2.60. The first-order chi connectivity index (χ1) is 15.0. The van der Waals surface area contributed by atoms with Crippen molar-refractivity contribution in [3.63, 3.8) is 0 Å². The van der Waals surface area contributed by atoms with Crippen LogP contribution in [0.15, 0.2) is 0 Å². The minimum absolute atomic E-state index is 8.94. The highest BCUT2D eigenvalue weighted by Crippen LogP contribution is 2.79. The van der Waals surface area contributed by atoms with E-state index in [-0.39, 0.29) is 0 Å². The van der Waals surface area contributed by atoms with Gasteiger partial charge >= 0.3 is 59.7 Å². The van der Waals surface area contributed by atoms with Gasteiger partial charge in [-0.2, -0.15) is 87.8 Å². The average Bonchev–Trinajstić information content (AvgIpc) is 2.59. The molecule has 0 amide bonds. The first-order valence-electron chi connectivity index (χ1n) is 7.54. The van der Waals surface area contributed by atoms with E-state index in [4.69, 9.17) is 0 Å². The number of rotatable bonds is 2. The van der Waals surface area contributed by atoms with Gasteiger partial charge in [-0.15, -0.1) is 0 Å². The molecule has 216 valence electrons. The highest BCUT2D eigenvalue weighted by atomic mass is 19.4. The third kappa shape index (κ3) is 2.80. The summed E-state index contributed by atoms with van der Waals surface area (Å²) in [6.07, 6.45) is -35.8. The quantitative estimate of drug-likeness (QED) is 0.287. The Labute approximate surface area is 178 Å². The average molecular weight is 600 g/mol.